The van der Waals surface area contributed by atoms with Crippen LogP contribution in [0.25, 0.3) is 22.2 Å². The predicted octanol–water partition coefficient (Wildman–Crippen LogP) is 6.26. The molecule has 0 aliphatic heterocycles. The van der Waals surface area contributed by atoms with E-state index in [1.807, 2.05) is 0 Å². The number of aromatic amines is 1. The summed E-state index contributed by atoms with van der Waals surface area (Å²) in [5.74, 6) is 1.22. The number of fused-ring (bicyclic) bond motifs is 1. The van der Waals surface area contributed by atoms with Crippen LogP contribution in [0.4, 0.5) is 8.78 Å². The summed E-state index contributed by atoms with van der Waals surface area (Å²) in [7, 11) is -3.25. The Morgan fingerprint density at radius 2 is 1.79 bits per heavy atom. The molecule has 0 radical (unpaired) electrons. The summed E-state index contributed by atoms with van der Waals surface area (Å²) in [6.45, 7) is -2.95. The lowest BCUT2D eigenvalue weighted by molar-refractivity contribution is -0.0494. The van der Waals surface area contributed by atoms with Gasteiger partial charge in [0, 0.05) is 17.5 Å². The highest BCUT2D eigenvalue weighted by atomic mass is 35.5. The summed E-state index contributed by atoms with van der Waals surface area (Å²) >= 11 is 6.47. The number of rotatable bonds is 8. The Balaban J connectivity index is 1.40. The average molecular weight is 503 g/mol. The lowest BCUT2D eigenvalue weighted by Gasteiger charge is -2.11. The minimum atomic E-state index is -3.25. The molecule has 0 bridgehead atoms. The molecule has 34 heavy (non-hydrogen) atoms. The second-order valence-corrected chi connectivity index (χ2v) is 10.9. The maximum Gasteiger partial charge on any atom is 0.387 e. The summed E-state index contributed by atoms with van der Waals surface area (Å²) in [6.07, 6.45) is 2.44. The lowest BCUT2D eigenvalue weighted by Crippen LogP contribution is -2.08. The third-order valence-electron chi connectivity index (χ3n) is 5.82. The van der Waals surface area contributed by atoms with Gasteiger partial charge in [-0.3, -0.25) is 0 Å². The van der Waals surface area contributed by atoms with E-state index in [9.17, 15) is 17.2 Å². The normalized spacial score (nSPS) is 14.1. The Morgan fingerprint density at radius 3 is 2.50 bits per heavy atom. The fraction of sp³-hybridized carbons (Fsp3) is 0.240. The first kappa shape index (κ1) is 22.8. The van der Waals surface area contributed by atoms with Crippen molar-refractivity contribution in [1.82, 2.24) is 9.97 Å². The number of hydrogen-bond acceptors (Lipinski definition) is 4. The molecule has 5 rings (SSSR count). The van der Waals surface area contributed by atoms with Gasteiger partial charge in [0.2, 0.25) is 0 Å². The highest BCUT2D eigenvalue weighted by Gasteiger charge is 2.29. The minimum absolute atomic E-state index is 0.0336. The predicted molar refractivity (Wildman–Crippen MR) is 127 cm³/mol. The van der Waals surface area contributed by atoms with Gasteiger partial charge in [0.15, 0.2) is 9.84 Å². The fourth-order valence-electron chi connectivity index (χ4n) is 3.96. The minimum Gasteiger partial charge on any atom is -0.434 e. The van der Waals surface area contributed by atoms with Gasteiger partial charge in [0.1, 0.15) is 11.6 Å². The second-order valence-electron chi connectivity index (χ2n) is 8.45. The SMILES string of the molecule is O=S(=O)(CC1CC1)c1ccc(Cc2nc3cc(-c4ccccc4OC(F)F)c(Cl)cc3[nH]2)cc1. The van der Waals surface area contributed by atoms with E-state index >= 15 is 0 Å². The van der Waals surface area contributed by atoms with Gasteiger partial charge >= 0.3 is 6.61 Å². The molecule has 176 valence electrons. The molecular weight excluding hydrogens is 482 g/mol. The van der Waals surface area contributed by atoms with Crippen LogP contribution in [0.5, 0.6) is 5.75 Å². The van der Waals surface area contributed by atoms with Gasteiger partial charge in [0.25, 0.3) is 0 Å². The van der Waals surface area contributed by atoms with E-state index in [0.29, 0.717) is 50.2 Å². The zero-order chi connectivity index (χ0) is 23.9. The van der Waals surface area contributed by atoms with Crippen LogP contribution in [0.2, 0.25) is 5.02 Å². The van der Waals surface area contributed by atoms with Crippen molar-refractivity contribution < 1.29 is 21.9 Å². The van der Waals surface area contributed by atoms with Crippen molar-refractivity contribution in [2.45, 2.75) is 30.8 Å². The zero-order valence-electron chi connectivity index (χ0n) is 18.0. The standard InChI is InChI=1S/C25H21ClF2N2O3S/c26-20-13-22-21(12-19(20)18-3-1-2-4-23(18)33-25(27)28)29-24(30-22)11-15-7-9-17(10-8-15)34(31,32)14-16-5-6-16/h1-4,7-10,12-13,16,25H,5-6,11,14H2,(H,29,30). The number of sulfone groups is 1. The first-order chi connectivity index (χ1) is 16.3. The largest absolute Gasteiger partial charge is 0.434 e. The molecule has 1 N–H and O–H groups in total. The van der Waals surface area contributed by atoms with Crippen LogP contribution >= 0.6 is 11.6 Å². The topological polar surface area (TPSA) is 72.1 Å². The van der Waals surface area contributed by atoms with Crippen molar-refractivity contribution >= 4 is 32.5 Å². The van der Waals surface area contributed by atoms with Crippen molar-refractivity contribution in [1.29, 1.82) is 0 Å². The molecule has 0 saturated heterocycles. The second kappa shape index (κ2) is 9.00. The molecule has 1 heterocycles. The molecule has 0 spiro atoms. The van der Waals surface area contributed by atoms with Gasteiger partial charge in [-0.1, -0.05) is 41.9 Å². The first-order valence-electron chi connectivity index (χ1n) is 10.8. The zero-order valence-corrected chi connectivity index (χ0v) is 19.5. The number of halogens is 3. The van der Waals surface area contributed by atoms with Gasteiger partial charge in [-0.05, 0) is 54.7 Å². The van der Waals surface area contributed by atoms with Gasteiger partial charge in [-0.15, -0.1) is 0 Å². The van der Waals surface area contributed by atoms with Crippen LogP contribution in [0, 0.1) is 5.92 Å². The summed E-state index contributed by atoms with van der Waals surface area (Å²) in [6, 6.07) is 16.8. The van der Waals surface area contributed by atoms with Gasteiger partial charge in [0.05, 0.1) is 26.7 Å². The molecule has 4 aromatic rings. The van der Waals surface area contributed by atoms with E-state index in [2.05, 4.69) is 14.7 Å². The fourth-order valence-corrected chi connectivity index (χ4v) is 5.92. The third kappa shape index (κ3) is 4.93. The van der Waals surface area contributed by atoms with E-state index in [4.69, 9.17) is 11.6 Å². The molecule has 1 aliphatic rings. The van der Waals surface area contributed by atoms with E-state index in [1.54, 1.807) is 54.6 Å². The number of imidazole rings is 1. The summed E-state index contributed by atoms with van der Waals surface area (Å²) in [5, 5.41) is 0.373. The molecule has 0 atom stereocenters. The summed E-state index contributed by atoms with van der Waals surface area (Å²) in [4.78, 5) is 8.19. The van der Waals surface area contributed by atoms with E-state index < -0.39 is 16.4 Å². The highest BCUT2D eigenvalue weighted by molar-refractivity contribution is 7.91. The van der Waals surface area contributed by atoms with Gasteiger partial charge in [-0.25, -0.2) is 13.4 Å². The van der Waals surface area contributed by atoms with E-state index in [-0.39, 0.29) is 11.5 Å². The Hall–Kier alpha value is -2.97. The molecule has 0 unspecified atom stereocenters. The Labute approximate surface area is 200 Å². The van der Waals surface area contributed by atoms with E-state index in [1.165, 1.54) is 6.07 Å². The maximum atomic E-state index is 12.8. The van der Waals surface area contributed by atoms with Crippen molar-refractivity contribution in [3.8, 4) is 16.9 Å². The van der Waals surface area contributed by atoms with Crippen molar-refractivity contribution in [3.63, 3.8) is 0 Å². The number of ether oxygens (including phenoxy) is 1. The smallest absolute Gasteiger partial charge is 0.387 e. The number of alkyl halides is 2. The Morgan fingerprint density at radius 1 is 1.06 bits per heavy atom. The number of benzene rings is 3. The van der Waals surface area contributed by atoms with Crippen LogP contribution in [0.15, 0.2) is 65.6 Å². The number of nitrogens with zero attached hydrogens (tertiary/aromatic N) is 1. The van der Waals surface area contributed by atoms with Crippen molar-refractivity contribution in [2.75, 3.05) is 5.75 Å². The van der Waals surface area contributed by atoms with Crippen LogP contribution in [-0.2, 0) is 16.3 Å². The van der Waals surface area contributed by atoms with Crippen LogP contribution in [0.3, 0.4) is 0 Å². The van der Waals surface area contributed by atoms with Gasteiger partial charge < -0.3 is 9.72 Å². The highest BCUT2D eigenvalue weighted by Crippen LogP contribution is 2.37. The molecule has 9 heteroatoms. The molecule has 1 aliphatic carbocycles. The summed E-state index contributed by atoms with van der Waals surface area (Å²) in [5.41, 5.74) is 3.23. The molecule has 3 aromatic carbocycles. The quantitative estimate of drug-likeness (QED) is 0.309. The molecule has 1 saturated carbocycles. The summed E-state index contributed by atoms with van der Waals surface area (Å²) < 4.78 is 55.2. The Bertz CT molecular complexity index is 1450. The number of hydrogen-bond donors (Lipinski definition) is 1. The maximum absolute atomic E-state index is 12.8. The third-order valence-corrected chi connectivity index (χ3v) is 8.03. The molecule has 5 nitrogen and oxygen atoms in total. The van der Waals surface area contributed by atoms with Crippen LogP contribution in [-0.4, -0.2) is 30.8 Å². The average Bonchev–Trinajstić information content (AvgIpc) is 3.50. The van der Waals surface area contributed by atoms with E-state index in [0.717, 1.165) is 18.4 Å². The number of para-hydroxylation sites is 1. The lowest BCUT2D eigenvalue weighted by atomic mass is 10.0. The monoisotopic (exact) mass is 502 g/mol. The Kier molecular flexibility index (Phi) is 6.04. The molecule has 0 amide bonds. The van der Waals surface area contributed by atoms with Crippen molar-refractivity contribution in [2.24, 2.45) is 5.92 Å². The molecule has 1 aromatic heterocycles. The van der Waals surface area contributed by atoms with Gasteiger partial charge in [-0.2, -0.15) is 8.78 Å². The number of aromatic nitrogens is 2. The molecular formula is C25H21ClF2N2O3S. The van der Waals surface area contributed by atoms with Crippen molar-refractivity contribution in [3.05, 3.63) is 77.1 Å². The van der Waals surface area contributed by atoms with Crippen LogP contribution < -0.4 is 4.74 Å². The van der Waals surface area contributed by atoms with Crippen LogP contribution in [0.1, 0.15) is 24.2 Å². The number of nitrogens with one attached hydrogen (secondary N) is 1. The first-order valence-corrected chi connectivity index (χ1v) is 12.9. The number of H-pyrrole nitrogens is 1. The molecule has 1 fully saturated rings.